The highest BCUT2D eigenvalue weighted by atomic mass is 16.6. The molecule has 0 aliphatic carbocycles. The van der Waals surface area contributed by atoms with E-state index in [1.807, 2.05) is 0 Å². The molecular formula is C9H13N3O3. The highest BCUT2D eigenvalue weighted by Gasteiger charge is 2.07. The largest absolute Gasteiger partial charge is 0.397 e. The minimum Gasteiger partial charge on any atom is -0.397 e. The summed E-state index contributed by atoms with van der Waals surface area (Å²) in [5.41, 5.74) is 6.57. The van der Waals surface area contributed by atoms with Crippen LogP contribution in [0.4, 0.5) is 17.1 Å². The zero-order valence-corrected chi connectivity index (χ0v) is 8.14. The van der Waals surface area contributed by atoms with Gasteiger partial charge in [-0.3, -0.25) is 10.1 Å². The van der Waals surface area contributed by atoms with E-state index in [9.17, 15) is 10.1 Å². The van der Waals surface area contributed by atoms with Crippen LogP contribution in [0.25, 0.3) is 0 Å². The Hall–Kier alpha value is -1.82. The fourth-order valence-corrected chi connectivity index (χ4v) is 1.13. The average Bonchev–Trinajstić information content (AvgIpc) is 2.20. The lowest BCUT2D eigenvalue weighted by Gasteiger charge is -2.07. The predicted molar refractivity (Wildman–Crippen MR) is 57.7 cm³/mol. The van der Waals surface area contributed by atoms with Crippen LogP contribution in [0.3, 0.4) is 0 Å². The average molecular weight is 211 g/mol. The molecule has 4 N–H and O–H groups in total. The molecule has 1 aromatic carbocycles. The first kappa shape index (κ1) is 11.3. The molecule has 0 heterocycles. The zero-order chi connectivity index (χ0) is 11.3. The number of nitro groups is 1. The molecule has 0 fully saturated rings. The normalized spacial score (nSPS) is 9.93. The summed E-state index contributed by atoms with van der Waals surface area (Å²) in [7, 11) is 0. The molecule has 0 atom stereocenters. The number of nitrogen functional groups attached to an aromatic ring is 1. The molecule has 0 aliphatic rings. The molecule has 1 aromatic rings. The van der Waals surface area contributed by atoms with Crippen molar-refractivity contribution in [3.05, 3.63) is 28.3 Å². The van der Waals surface area contributed by atoms with E-state index in [1.54, 1.807) is 6.07 Å². The third-order valence-corrected chi connectivity index (χ3v) is 1.90. The fourth-order valence-electron chi connectivity index (χ4n) is 1.13. The number of nitrogens with two attached hydrogens (primary N) is 1. The Morgan fingerprint density at radius 1 is 1.53 bits per heavy atom. The van der Waals surface area contributed by atoms with Gasteiger partial charge in [0.05, 0.1) is 16.3 Å². The van der Waals surface area contributed by atoms with Crippen LogP contribution in [0.2, 0.25) is 0 Å². The van der Waals surface area contributed by atoms with Gasteiger partial charge in [-0.15, -0.1) is 0 Å². The molecule has 0 aliphatic heterocycles. The van der Waals surface area contributed by atoms with Crippen LogP contribution < -0.4 is 11.1 Å². The second-order valence-corrected chi connectivity index (χ2v) is 3.03. The van der Waals surface area contributed by atoms with E-state index in [-0.39, 0.29) is 12.3 Å². The molecule has 6 nitrogen and oxygen atoms in total. The van der Waals surface area contributed by atoms with Gasteiger partial charge >= 0.3 is 0 Å². The van der Waals surface area contributed by atoms with Gasteiger partial charge in [0.1, 0.15) is 0 Å². The van der Waals surface area contributed by atoms with Crippen molar-refractivity contribution in [2.75, 3.05) is 24.2 Å². The summed E-state index contributed by atoms with van der Waals surface area (Å²) in [4.78, 5) is 9.93. The molecule has 0 amide bonds. The number of non-ortho nitro benzene ring substituents is 1. The Bertz CT molecular complexity index is 354. The Balaban J connectivity index is 2.70. The fraction of sp³-hybridized carbons (Fsp3) is 0.333. The topological polar surface area (TPSA) is 101 Å². The first-order valence-electron chi connectivity index (χ1n) is 4.54. The van der Waals surface area contributed by atoms with Gasteiger partial charge in [-0.25, -0.2) is 0 Å². The summed E-state index contributed by atoms with van der Waals surface area (Å²) in [5, 5.41) is 22.0. The number of aliphatic hydroxyl groups is 1. The van der Waals surface area contributed by atoms with E-state index in [1.165, 1.54) is 12.1 Å². The minimum atomic E-state index is -0.492. The number of rotatable bonds is 5. The highest BCUT2D eigenvalue weighted by Crippen LogP contribution is 2.23. The van der Waals surface area contributed by atoms with Crippen molar-refractivity contribution < 1.29 is 10.0 Å². The maximum absolute atomic E-state index is 10.4. The number of hydrogen-bond donors (Lipinski definition) is 3. The summed E-state index contributed by atoms with van der Waals surface area (Å²) < 4.78 is 0. The monoisotopic (exact) mass is 211 g/mol. The standard InChI is InChI=1S/C9H13N3O3/c10-8-6-7(12(14)15)2-3-9(8)11-4-1-5-13/h2-3,6,11,13H,1,4-5,10H2. The molecule has 0 spiro atoms. The smallest absolute Gasteiger partial charge is 0.271 e. The van der Waals surface area contributed by atoms with Gasteiger partial charge in [-0.2, -0.15) is 0 Å². The van der Waals surface area contributed by atoms with Crippen LogP contribution in [0.15, 0.2) is 18.2 Å². The van der Waals surface area contributed by atoms with E-state index >= 15 is 0 Å². The quantitative estimate of drug-likeness (QED) is 0.291. The van der Waals surface area contributed by atoms with Gasteiger partial charge in [-0.05, 0) is 12.5 Å². The molecule has 6 heteroatoms. The lowest BCUT2D eigenvalue weighted by atomic mass is 10.2. The number of nitrogens with zero attached hydrogens (tertiary/aromatic N) is 1. The molecule has 15 heavy (non-hydrogen) atoms. The summed E-state index contributed by atoms with van der Waals surface area (Å²) >= 11 is 0. The first-order valence-corrected chi connectivity index (χ1v) is 4.54. The van der Waals surface area contributed by atoms with Crippen molar-refractivity contribution in [1.29, 1.82) is 0 Å². The molecule has 0 radical (unpaired) electrons. The summed E-state index contributed by atoms with van der Waals surface area (Å²) in [5.74, 6) is 0. The Labute approximate surface area is 86.9 Å². The number of nitro benzene ring substituents is 1. The molecule has 0 bridgehead atoms. The van der Waals surface area contributed by atoms with Gasteiger partial charge in [0, 0.05) is 25.3 Å². The van der Waals surface area contributed by atoms with E-state index in [0.29, 0.717) is 24.3 Å². The van der Waals surface area contributed by atoms with Crippen molar-refractivity contribution in [1.82, 2.24) is 0 Å². The third kappa shape index (κ3) is 3.10. The summed E-state index contributed by atoms with van der Waals surface area (Å²) in [6.45, 7) is 0.679. The lowest BCUT2D eigenvalue weighted by Crippen LogP contribution is -2.05. The van der Waals surface area contributed by atoms with Crippen LogP contribution in [0.1, 0.15) is 6.42 Å². The van der Waals surface area contributed by atoms with Crippen molar-refractivity contribution in [3.63, 3.8) is 0 Å². The van der Waals surface area contributed by atoms with Gasteiger partial charge < -0.3 is 16.2 Å². The van der Waals surface area contributed by atoms with Crippen LogP contribution >= 0.6 is 0 Å². The van der Waals surface area contributed by atoms with E-state index < -0.39 is 4.92 Å². The van der Waals surface area contributed by atoms with E-state index in [2.05, 4.69) is 5.32 Å². The highest BCUT2D eigenvalue weighted by molar-refractivity contribution is 5.69. The van der Waals surface area contributed by atoms with Gasteiger partial charge in [0.15, 0.2) is 0 Å². The Morgan fingerprint density at radius 3 is 2.80 bits per heavy atom. The molecule has 0 unspecified atom stereocenters. The Kier molecular flexibility index (Phi) is 3.87. The molecule has 0 saturated carbocycles. The summed E-state index contributed by atoms with van der Waals surface area (Å²) in [6, 6.07) is 4.25. The SMILES string of the molecule is Nc1cc([N+](=O)[O-])ccc1NCCCO. The van der Waals surface area contributed by atoms with Crippen LogP contribution in [0.5, 0.6) is 0 Å². The van der Waals surface area contributed by atoms with Crippen LogP contribution in [-0.4, -0.2) is 23.2 Å². The molecule has 0 aromatic heterocycles. The zero-order valence-electron chi connectivity index (χ0n) is 8.14. The lowest BCUT2D eigenvalue weighted by molar-refractivity contribution is -0.384. The molecule has 0 saturated heterocycles. The Morgan fingerprint density at radius 2 is 2.27 bits per heavy atom. The second kappa shape index (κ2) is 5.16. The van der Waals surface area contributed by atoms with Gasteiger partial charge in [-0.1, -0.05) is 0 Å². The first-order chi connectivity index (χ1) is 7.15. The number of anilines is 2. The number of hydrogen-bond acceptors (Lipinski definition) is 5. The predicted octanol–water partition coefficient (Wildman–Crippen LogP) is 0.971. The maximum Gasteiger partial charge on any atom is 0.271 e. The minimum absolute atomic E-state index is 0.0276. The van der Waals surface area contributed by atoms with E-state index in [4.69, 9.17) is 10.8 Å². The van der Waals surface area contributed by atoms with Gasteiger partial charge in [0.25, 0.3) is 5.69 Å². The van der Waals surface area contributed by atoms with Crippen molar-refractivity contribution in [2.24, 2.45) is 0 Å². The number of nitrogens with one attached hydrogen (secondary N) is 1. The van der Waals surface area contributed by atoms with E-state index in [0.717, 1.165) is 0 Å². The number of benzene rings is 1. The van der Waals surface area contributed by atoms with Crippen molar-refractivity contribution >= 4 is 17.1 Å². The molecule has 1 rings (SSSR count). The third-order valence-electron chi connectivity index (χ3n) is 1.90. The summed E-state index contributed by atoms with van der Waals surface area (Å²) in [6.07, 6.45) is 0.608. The molecular weight excluding hydrogens is 198 g/mol. The maximum atomic E-state index is 10.4. The van der Waals surface area contributed by atoms with Gasteiger partial charge in [0.2, 0.25) is 0 Å². The number of aliphatic hydroxyl groups excluding tert-OH is 1. The van der Waals surface area contributed by atoms with Crippen LogP contribution in [-0.2, 0) is 0 Å². The molecule has 82 valence electrons. The second-order valence-electron chi connectivity index (χ2n) is 3.03. The van der Waals surface area contributed by atoms with Crippen molar-refractivity contribution in [2.45, 2.75) is 6.42 Å². The van der Waals surface area contributed by atoms with Crippen molar-refractivity contribution in [3.8, 4) is 0 Å². The van der Waals surface area contributed by atoms with Crippen LogP contribution in [0, 0.1) is 10.1 Å².